The van der Waals surface area contributed by atoms with Crippen LogP contribution in [0.4, 0.5) is 0 Å². The highest BCUT2D eigenvalue weighted by Gasteiger charge is 2.17. The number of benzene rings is 4. The fraction of sp³-hybridized carbons (Fsp3) is 0. The molecule has 3 heterocycles. The van der Waals surface area contributed by atoms with Gasteiger partial charge in [-0.15, -0.1) is 0 Å². The molecule has 38 heavy (non-hydrogen) atoms. The average molecular weight is 488 g/mol. The second kappa shape index (κ2) is 8.75. The first kappa shape index (κ1) is 22.1. The van der Waals surface area contributed by atoms with Gasteiger partial charge in [-0.1, -0.05) is 79.9 Å². The van der Waals surface area contributed by atoms with Gasteiger partial charge in [-0.25, -0.2) is 4.98 Å². The highest BCUT2D eigenvalue weighted by molar-refractivity contribution is 6.20. The van der Waals surface area contributed by atoms with E-state index in [1.165, 1.54) is 38.0 Å². The zero-order valence-corrected chi connectivity index (χ0v) is 20.9. The van der Waals surface area contributed by atoms with Crippen LogP contribution in [0.25, 0.3) is 66.1 Å². The second-order valence-corrected chi connectivity index (χ2v) is 9.43. The van der Waals surface area contributed by atoms with Gasteiger partial charge in [0, 0.05) is 39.6 Å². The van der Waals surface area contributed by atoms with E-state index in [-0.39, 0.29) is 0 Å². The summed E-state index contributed by atoms with van der Waals surface area (Å²) in [5, 5.41) is 5.98. The van der Waals surface area contributed by atoms with Gasteiger partial charge in [0.05, 0.1) is 16.6 Å². The quantitative estimate of drug-likeness (QED) is 0.222. The molecule has 0 bridgehead atoms. The smallest absolute Gasteiger partial charge is 0.138 e. The van der Waals surface area contributed by atoms with Crippen molar-refractivity contribution in [2.45, 2.75) is 0 Å². The number of para-hydroxylation sites is 1. The van der Waals surface area contributed by atoms with Gasteiger partial charge in [0.2, 0.25) is 0 Å². The molecular weight excluding hydrogens is 462 g/mol. The molecular formula is C35H25N3. The first-order valence-corrected chi connectivity index (χ1v) is 12.7. The van der Waals surface area contributed by atoms with Gasteiger partial charge in [0.15, 0.2) is 0 Å². The first-order valence-electron chi connectivity index (χ1n) is 12.7. The molecule has 3 heteroatoms. The number of pyridine rings is 1. The number of fused-ring (bicyclic) bond motifs is 6. The molecule has 0 radical (unpaired) electrons. The van der Waals surface area contributed by atoms with E-state index >= 15 is 0 Å². The van der Waals surface area contributed by atoms with Gasteiger partial charge in [0.1, 0.15) is 5.82 Å². The fourth-order valence-electron chi connectivity index (χ4n) is 5.59. The minimum Gasteiger partial charge on any atom is -0.317 e. The Balaban J connectivity index is 1.56. The van der Waals surface area contributed by atoms with Crippen molar-refractivity contribution >= 4 is 49.2 Å². The first-order chi connectivity index (χ1) is 18.8. The van der Waals surface area contributed by atoms with Crippen molar-refractivity contribution in [2.75, 3.05) is 0 Å². The van der Waals surface area contributed by atoms with Crippen molar-refractivity contribution in [1.29, 1.82) is 0 Å². The van der Waals surface area contributed by atoms with Gasteiger partial charge in [-0.2, -0.15) is 0 Å². The summed E-state index contributed by atoms with van der Waals surface area (Å²) >= 11 is 0. The van der Waals surface area contributed by atoms with Crippen LogP contribution in [-0.2, 0) is 0 Å². The van der Waals surface area contributed by atoms with Crippen LogP contribution in [-0.4, -0.2) is 14.1 Å². The molecule has 0 aliphatic heterocycles. The predicted molar refractivity (Wildman–Crippen MR) is 162 cm³/mol. The van der Waals surface area contributed by atoms with E-state index in [0.717, 1.165) is 28.1 Å². The van der Waals surface area contributed by atoms with E-state index in [0.29, 0.717) is 0 Å². The zero-order valence-electron chi connectivity index (χ0n) is 20.9. The van der Waals surface area contributed by atoms with Crippen molar-refractivity contribution in [1.82, 2.24) is 14.1 Å². The molecule has 0 spiro atoms. The third kappa shape index (κ3) is 3.33. The standard InChI is InChI=1S/C35H25N3/c1-3-10-28(4-2)37-20-18-27-21-31-26(22-33(27)37)15-16-30-29-13-8-9-14-32(29)38(35(30)31)34-23-25(17-19-36-34)24-11-6-5-7-12-24/h3-23H,1-2H2/b28-10+. The summed E-state index contributed by atoms with van der Waals surface area (Å²) in [4.78, 5) is 4.87. The molecule has 0 aliphatic rings. The van der Waals surface area contributed by atoms with Crippen LogP contribution in [0.1, 0.15) is 0 Å². The zero-order chi connectivity index (χ0) is 25.6. The molecule has 0 atom stereocenters. The molecule has 7 aromatic rings. The molecule has 4 aromatic carbocycles. The Labute approximate surface area is 220 Å². The molecule has 7 rings (SSSR count). The van der Waals surface area contributed by atoms with Crippen LogP contribution in [0, 0.1) is 0 Å². The Hall–Kier alpha value is -5.15. The number of hydrogen-bond acceptors (Lipinski definition) is 1. The highest BCUT2D eigenvalue weighted by Crippen LogP contribution is 2.38. The molecule has 0 amide bonds. The Kier molecular flexibility index (Phi) is 5.09. The molecule has 0 saturated carbocycles. The van der Waals surface area contributed by atoms with E-state index in [9.17, 15) is 0 Å². The summed E-state index contributed by atoms with van der Waals surface area (Å²) in [6.45, 7) is 7.86. The number of nitrogens with zero attached hydrogens (tertiary/aromatic N) is 3. The van der Waals surface area contributed by atoms with Crippen LogP contribution in [0.15, 0.2) is 141 Å². The molecule has 0 unspecified atom stereocenters. The average Bonchev–Trinajstić information content (AvgIpc) is 3.54. The molecule has 3 aromatic heterocycles. The van der Waals surface area contributed by atoms with Crippen molar-refractivity contribution in [3.8, 4) is 16.9 Å². The summed E-state index contributed by atoms with van der Waals surface area (Å²) in [7, 11) is 0. The largest absolute Gasteiger partial charge is 0.317 e. The van der Waals surface area contributed by atoms with E-state index in [1.54, 1.807) is 6.08 Å². The van der Waals surface area contributed by atoms with E-state index in [2.05, 4.69) is 119 Å². The number of rotatable bonds is 5. The molecule has 180 valence electrons. The van der Waals surface area contributed by atoms with E-state index < -0.39 is 0 Å². The third-order valence-corrected chi connectivity index (χ3v) is 7.32. The predicted octanol–water partition coefficient (Wildman–Crippen LogP) is 9.17. The van der Waals surface area contributed by atoms with Gasteiger partial charge in [-0.3, -0.25) is 4.57 Å². The monoisotopic (exact) mass is 487 g/mol. The summed E-state index contributed by atoms with van der Waals surface area (Å²) in [5.41, 5.74) is 6.76. The fourth-order valence-corrected chi connectivity index (χ4v) is 5.59. The summed E-state index contributed by atoms with van der Waals surface area (Å²) < 4.78 is 4.48. The topological polar surface area (TPSA) is 22.8 Å². The highest BCUT2D eigenvalue weighted by atomic mass is 15.1. The molecule has 0 N–H and O–H groups in total. The van der Waals surface area contributed by atoms with Gasteiger partial charge < -0.3 is 4.57 Å². The van der Waals surface area contributed by atoms with E-state index in [4.69, 9.17) is 4.98 Å². The maximum atomic E-state index is 4.87. The van der Waals surface area contributed by atoms with Gasteiger partial charge in [0.25, 0.3) is 0 Å². The molecule has 0 saturated heterocycles. The molecule has 0 fully saturated rings. The summed E-state index contributed by atoms with van der Waals surface area (Å²) in [6.07, 6.45) is 9.63. The lowest BCUT2D eigenvalue weighted by Gasteiger charge is -2.12. The maximum Gasteiger partial charge on any atom is 0.138 e. The number of allylic oxidation sites excluding steroid dienone is 4. The van der Waals surface area contributed by atoms with Crippen LogP contribution >= 0.6 is 0 Å². The lowest BCUT2D eigenvalue weighted by molar-refractivity contribution is 1.08. The minimum absolute atomic E-state index is 0.908. The Bertz CT molecular complexity index is 2050. The van der Waals surface area contributed by atoms with Crippen LogP contribution < -0.4 is 0 Å². The van der Waals surface area contributed by atoms with Crippen molar-refractivity contribution < 1.29 is 0 Å². The normalized spacial score (nSPS) is 12.1. The van der Waals surface area contributed by atoms with Crippen LogP contribution in [0.5, 0.6) is 0 Å². The summed E-state index contributed by atoms with van der Waals surface area (Å²) in [6, 6.07) is 34.5. The Morgan fingerprint density at radius 1 is 0.684 bits per heavy atom. The van der Waals surface area contributed by atoms with Crippen LogP contribution in [0.2, 0.25) is 0 Å². The second-order valence-electron chi connectivity index (χ2n) is 9.43. The molecule has 0 aliphatic carbocycles. The third-order valence-electron chi connectivity index (χ3n) is 7.32. The number of hydrogen-bond donors (Lipinski definition) is 0. The Morgan fingerprint density at radius 3 is 2.37 bits per heavy atom. The lowest BCUT2D eigenvalue weighted by Crippen LogP contribution is -1.98. The SMILES string of the molecule is C=C/C=C(\C=C)n1ccc2cc3c(ccc4c5ccccc5n(-c5cc(-c6ccccc6)ccn5)c34)cc21. The number of aromatic nitrogens is 3. The molecule has 3 nitrogen and oxygen atoms in total. The summed E-state index contributed by atoms with van der Waals surface area (Å²) in [5.74, 6) is 0.908. The van der Waals surface area contributed by atoms with Crippen molar-refractivity contribution in [2.24, 2.45) is 0 Å². The van der Waals surface area contributed by atoms with E-state index in [1.807, 2.05) is 24.4 Å². The van der Waals surface area contributed by atoms with Crippen molar-refractivity contribution in [3.05, 3.63) is 141 Å². The Morgan fingerprint density at radius 2 is 1.53 bits per heavy atom. The van der Waals surface area contributed by atoms with Crippen LogP contribution in [0.3, 0.4) is 0 Å². The van der Waals surface area contributed by atoms with Crippen molar-refractivity contribution in [3.63, 3.8) is 0 Å². The minimum atomic E-state index is 0.908. The lowest BCUT2D eigenvalue weighted by atomic mass is 10.0. The maximum absolute atomic E-state index is 4.87. The van der Waals surface area contributed by atoms with Gasteiger partial charge in [-0.05, 0) is 65.1 Å². The van der Waals surface area contributed by atoms with Gasteiger partial charge >= 0.3 is 0 Å².